The molecule has 0 radical (unpaired) electrons. The number of allylic oxidation sites excluding steroid dienone is 1. The summed E-state index contributed by atoms with van der Waals surface area (Å²) in [5.41, 5.74) is 0.897. The predicted octanol–water partition coefficient (Wildman–Crippen LogP) is 6.37. The maximum atomic E-state index is 12.4. The summed E-state index contributed by atoms with van der Waals surface area (Å²) in [7, 11) is 0. The van der Waals surface area contributed by atoms with Crippen LogP contribution < -0.4 is 0 Å². The normalized spacial score (nSPS) is 10.9. The summed E-state index contributed by atoms with van der Waals surface area (Å²) in [5.74, 6) is 0.825. The molecule has 1 heterocycles. The van der Waals surface area contributed by atoms with E-state index >= 15 is 0 Å². The fourth-order valence-corrected chi connectivity index (χ4v) is 2.57. The standard InChI is InChI=1S/C18H12Cl2O2.ClH/c1-11-16-10-14(20)7-8-15(16)18(22-11)17(21)9-4-12-2-5-13(19)6-3-12;/h2-10H,1H3;1H. The Morgan fingerprint density at radius 3 is 2.35 bits per heavy atom. The molecule has 2 nitrogen and oxygen atoms in total. The van der Waals surface area contributed by atoms with Crippen LogP contribution in [0.1, 0.15) is 21.9 Å². The van der Waals surface area contributed by atoms with Crippen LogP contribution in [0.15, 0.2) is 53.0 Å². The van der Waals surface area contributed by atoms with Crippen molar-refractivity contribution in [3.05, 3.63) is 75.7 Å². The SMILES string of the molecule is Cc1oc(C(=O)C=Cc2ccc(Cl)cc2)c2ccc(Cl)cc12.Cl. The Bertz CT molecular complexity index is 877. The highest BCUT2D eigenvalue weighted by molar-refractivity contribution is 6.31. The van der Waals surface area contributed by atoms with Gasteiger partial charge >= 0.3 is 0 Å². The van der Waals surface area contributed by atoms with Gasteiger partial charge in [-0.3, -0.25) is 4.79 Å². The summed E-state index contributed by atoms with van der Waals surface area (Å²) in [6.07, 6.45) is 3.23. The van der Waals surface area contributed by atoms with E-state index in [0.717, 1.165) is 16.3 Å². The number of hydrogen-bond donors (Lipinski definition) is 0. The summed E-state index contributed by atoms with van der Waals surface area (Å²) < 4.78 is 5.61. The molecule has 118 valence electrons. The van der Waals surface area contributed by atoms with Gasteiger partial charge in [0.1, 0.15) is 5.76 Å². The zero-order chi connectivity index (χ0) is 15.7. The fourth-order valence-electron chi connectivity index (χ4n) is 2.27. The van der Waals surface area contributed by atoms with E-state index in [1.54, 1.807) is 36.4 Å². The second-order valence-electron chi connectivity index (χ2n) is 4.93. The van der Waals surface area contributed by atoms with Gasteiger partial charge in [-0.25, -0.2) is 0 Å². The molecule has 2 aromatic carbocycles. The highest BCUT2D eigenvalue weighted by Crippen LogP contribution is 2.29. The third-order valence-electron chi connectivity index (χ3n) is 3.38. The second-order valence-corrected chi connectivity index (χ2v) is 5.80. The van der Waals surface area contributed by atoms with E-state index < -0.39 is 0 Å². The van der Waals surface area contributed by atoms with Crippen LogP contribution in [0.2, 0.25) is 10.0 Å². The molecule has 0 N–H and O–H groups in total. The first-order valence-electron chi connectivity index (χ1n) is 6.71. The lowest BCUT2D eigenvalue weighted by molar-refractivity contribution is 0.102. The molecule has 5 heteroatoms. The summed E-state index contributed by atoms with van der Waals surface area (Å²) >= 11 is 11.8. The van der Waals surface area contributed by atoms with Crippen LogP contribution in [-0.4, -0.2) is 5.78 Å². The van der Waals surface area contributed by atoms with Gasteiger partial charge in [0.25, 0.3) is 0 Å². The third-order valence-corrected chi connectivity index (χ3v) is 3.87. The molecule has 0 atom stereocenters. The van der Waals surface area contributed by atoms with Crippen molar-refractivity contribution in [2.45, 2.75) is 6.92 Å². The zero-order valence-corrected chi connectivity index (χ0v) is 14.5. The molecular formula is C18H13Cl3O2. The Balaban J connectivity index is 0.00000192. The summed E-state index contributed by atoms with van der Waals surface area (Å²) in [6, 6.07) is 12.6. The Labute approximate surface area is 150 Å². The van der Waals surface area contributed by atoms with Crippen molar-refractivity contribution in [3.63, 3.8) is 0 Å². The number of carbonyl (C=O) groups is 1. The predicted molar refractivity (Wildman–Crippen MR) is 98.0 cm³/mol. The van der Waals surface area contributed by atoms with Gasteiger partial charge in [-0.2, -0.15) is 0 Å². The van der Waals surface area contributed by atoms with Gasteiger partial charge in [0, 0.05) is 20.8 Å². The number of rotatable bonds is 3. The van der Waals surface area contributed by atoms with E-state index in [0.29, 0.717) is 21.6 Å². The lowest BCUT2D eigenvalue weighted by Crippen LogP contribution is -1.92. The Kier molecular flexibility index (Phi) is 5.53. The molecule has 0 fully saturated rings. The second kappa shape index (κ2) is 7.22. The minimum absolute atomic E-state index is 0. The van der Waals surface area contributed by atoms with Crippen LogP contribution in [0, 0.1) is 6.92 Å². The molecule has 0 saturated heterocycles. The lowest BCUT2D eigenvalue weighted by Gasteiger charge is -1.95. The van der Waals surface area contributed by atoms with E-state index in [-0.39, 0.29) is 18.2 Å². The minimum Gasteiger partial charge on any atom is -0.457 e. The zero-order valence-electron chi connectivity index (χ0n) is 12.2. The smallest absolute Gasteiger partial charge is 0.221 e. The van der Waals surface area contributed by atoms with Crippen LogP contribution in [0.4, 0.5) is 0 Å². The molecule has 3 aromatic rings. The van der Waals surface area contributed by atoms with E-state index in [1.807, 2.05) is 19.1 Å². The molecule has 1 aromatic heterocycles. The molecule has 0 aliphatic rings. The number of carbonyl (C=O) groups excluding carboxylic acids is 1. The maximum Gasteiger partial charge on any atom is 0.221 e. The molecule has 0 amide bonds. The highest BCUT2D eigenvalue weighted by Gasteiger charge is 2.15. The maximum absolute atomic E-state index is 12.4. The largest absolute Gasteiger partial charge is 0.457 e. The van der Waals surface area contributed by atoms with Crippen LogP contribution in [-0.2, 0) is 0 Å². The van der Waals surface area contributed by atoms with Gasteiger partial charge in [0.15, 0.2) is 5.76 Å². The molecule has 0 unspecified atom stereocenters. The number of hydrogen-bond acceptors (Lipinski definition) is 2. The van der Waals surface area contributed by atoms with Crippen molar-refractivity contribution in [1.82, 2.24) is 0 Å². The van der Waals surface area contributed by atoms with Gasteiger partial charge in [0.05, 0.1) is 0 Å². The van der Waals surface area contributed by atoms with Crippen LogP contribution in [0.5, 0.6) is 0 Å². The van der Waals surface area contributed by atoms with E-state index in [2.05, 4.69) is 0 Å². The number of ketones is 1. The molecule has 0 aliphatic carbocycles. The number of halogens is 3. The molecular weight excluding hydrogens is 355 g/mol. The number of aryl methyl sites for hydroxylation is 1. The van der Waals surface area contributed by atoms with Crippen LogP contribution in [0.3, 0.4) is 0 Å². The first-order chi connectivity index (χ1) is 10.5. The highest BCUT2D eigenvalue weighted by atomic mass is 35.5. The Hall–Kier alpha value is -1.74. The van der Waals surface area contributed by atoms with E-state index in [9.17, 15) is 4.79 Å². The third kappa shape index (κ3) is 3.78. The fraction of sp³-hybridized carbons (Fsp3) is 0.0556. The minimum atomic E-state index is -0.185. The van der Waals surface area contributed by atoms with Crippen molar-refractivity contribution in [2.75, 3.05) is 0 Å². The summed E-state index contributed by atoms with van der Waals surface area (Å²) in [4.78, 5) is 12.4. The lowest BCUT2D eigenvalue weighted by atomic mass is 10.1. The molecule has 3 rings (SSSR count). The van der Waals surface area contributed by atoms with Crippen molar-refractivity contribution in [1.29, 1.82) is 0 Å². The quantitative estimate of drug-likeness (QED) is 0.398. The molecule has 0 saturated carbocycles. The summed E-state index contributed by atoms with van der Waals surface area (Å²) in [6.45, 7) is 1.82. The van der Waals surface area contributed by atoms with Crippen molar-refractivity contribution in [3.8, 4) is 0 Å². The molecule has 0 bridgehead atoms. The average molecular weight is 368 g/mol. The van der Waals surface area contributed by atoms with Gasteiger partial charge < -0.3 is 4.42 Å². The van der Waals surface area contributed by atoms with Gasteiger partial charge in [0.2, 0.25) is 5.78 Å². The molecule has 0 spiro atoms. The van der Waals surface area contributed by atoms with E-state index in [4.69, 9.17) is 27.6 Å². The van der Waals surface area contributed by atoms with Gasteiger partial charge in [-0.05, 0) is 48.9 Å². The van der Waals surface area contributed by atoms with E-state index in [1.165, 1.54) is 6.08 Å². The van der Waals surface area contributed by atoms with Crippen LogP contribution in [0.25, 0.3) is 16.8 Å². The monoisotopic (exact) mass is 366 g/mol. The number of benzene rings is 2. The van der Waals surface area contributed by atoms with Crippen LogP contribution >= 0.6 is 35.6 Å². The van der Waals surface area contributed by atoms with Crippen molar-refractivity contribution < 1.29 is 9.21 Å². The summed E-state index contributed by atoms with van der Waals surface area (Å²) in [5, 5.41) is 2.91. The molecule has 0 aliphatic heterocycles. The Morgan fingerprint density at radius 2 is 1.65 bits per heavy atom. The van der Waals surface area contributed by atoms with Gasteiger partial charge in [-0.15, -0.1) is 12.4 Å². The van der Waals surface area contributed by atoms with Crippen molar-refractivity contribution in [2.24, 2.45) is 0 Å². The Morgan fingerprint density at radius 1 is 1.00 bits per heavy atom. The number of fused-ring (bicyclic) bond motifs is 1. The number of furan rings is 1. The first kappa shape index (κ1) is 17.6. The van der Waals surface area contributed by atoms with Crippen molar-refractivity contribution >= 4 is 58.2 Å². The topological polar surface area (TPSA) is 30.2 Å². The first-order valence-corrected chi connectivity index (χ1v) is 7.47. The average Bonchev–Trinajstić information content (AvgIpc) is 2.83. The van der Waals surface area contributed by atoms with Gasteiger partial charge in [-0.1, -0.05) is 41.4 Å². The molecule has 23 heavy (non-hydrogen) atoms.